The maximum atomic E-state index is 5.91. The second kappa shape index (κ2) is 8.16. The van der Waals surface area contributed by atoms with Crippen LogP contribution in [0.1, 0.15) is 39.0 Å². The summed E-state index contributed by atoms with van der Waals surface area (Å²) in [5.74, 6) is 1.00. The molecule has 0 spiro atoms. The standard InChI is InChI=1S/C18H14OS.2C2H6/c1-11-13-7-4-6-10-16(13)20-18(11)17-12(2)19-15-9-5-3-8-14(15)17;2*1-2/h3-10H,1-2H3;2*1-2H3. The lowest BCUT2D eigenvalue weighted by Crippen LogP contribution is -1.77. The Kier molecular flexibility index (Phi) is 6.22. The molecule has 24 heavy (non-hydrogen) atoms. The molecule has 0 bridgehead atoms. The Morgan fingerprint density at radius 3 is 2.00 bits per heavy atom. The van der Waals surface area contributed by atoms with E-state index in [-0.39, 0.29) is 0 Å². The maximum Gasteiger partial charge on any atom is 0.134 e. The first-order valence-corrected chi connectivity index (χ1v) is 9.54. The third-order valence-electron chi connectivity index (χ3n) is 3.84. The molecule has 0 saturated heterocycles. The van der Waals surface area contributed by atoms with Crippen molar-refractivity contribution in [2.75, 3.05) is 0 Å². The molecule has 0 amide bonds. The normalized spacial score (nSPS) is 10.1. The minimum Gasteiger partial charge on any atom is -0.461 e. The predicted octanol–water partition coefficient (Wildman–Crippen LogP) is 7.98. The SMILES string of the molecule is CC.CC.Cc1oc2ccccc2c1-c1sc2ccccc2c1C. The van der Waals surface area contributed by atoms with E-state index >= 15 is 0 Å². The van der Waals surface area contributed by atoms with Crippen molar-refractivity contribution >= 4 is 32.4 Å². The van der Waals surface area contributed by atoms with Crippen molar-refractivity contribution in [1.82, 2.24) is 0 Å². The molecule has 0 aliphatic carbocycles. The van der Waals surface area contributed by atoms with Crippen molar-refractivity contribution in [3.63, 3.8) is 0 Å². The number of hydrogen-bond acceptors (Lipinski definition) is 2. The van der Waals surface area contributed by atoms with Crippen LogP contribution in [0.3, 0.4) is 0 Å². The van der Waals surface area contributed by atoms with E-state index in [0.29, 0.717) is 0 Å². The third-order valence-corrected chi connectivity index (χ3v) is 5.13. The van der Waals surface area contributed by atoms with E-state index in [4.69, 9.17) is 4.42 Å². The molecule has 0 radical (unpaired) electrons. The lowest BCUT2D eigenvalue weighted by molar-refractivity contribution is 0.580. The molecule has 0 atom stereocenters. The molecule has 0 unspecified atom stereocenters. The van der Waals surface area contributed by atoms with Gasteiger partial charge in [0, 0.05) is 20.5 Å². The molecule has 2 heterocycles. The molecular weight excluding hydrogens is 312 g/mol. The van der Waals surface area contributed by atoms with Crippen molar-refractivity contribution in [2.24, 2.45) is 0 Å². The van der Waals surface area contributed by atoms with E-state index in [0.717, 1.165) is 11.3 Å². The van der Waals surface area contributed by atoms with Gasteiger partial charge in [-0.05, 0) is 36.9 Å². The monoisotopic (exact) mass is 338 g/mol. The van der Waals surface area contributed by atoms with Gasteiger partial charge in [0.2, 0.25) is 0 Å². The first-order valence-electron chi connectivity index (χ1n) is 8.72. The molecule has 4 rings (SSSR count). The summed E-state index contributed by atoms with van der Waals surface area (Å²) in [5.41, 5.74) is 3.57. The van der Waals surface area contributed by atoms with Gasteiger partial charge in [0.15, 0.2) is 0 Å². The zero-order valence-electron chi connectivity index (χ0n) is 15.4. The van der Waals surface area contributed by atoms with Crippen LogP contribution in [0.2, 0.25) is 0 Å². The molecular formula is C22H26OS. The summed E-state index contributed by atoms with van der Waals surface area (Å²) >= 11 is 1.85. The molecule has 2 aromatic carbocycles. The first kappa shape index (κ1) is 18.3. The van der Waals surface area contributed by atoms with E-state index in [1.807, 2.05) is 51.2 Å². The Bertz CT molecular complexity index is 928. The number of furan rings is 1. The number of aryl methyl sites for hydroxylation is 2. The fourth-order valence-electron chi connectivity index (χ4n) is 2.86. The number of thiophene rings is 1. The van der Waals surface area contributed by atoms with Gasteiger partial charge in [-0.3, -0.25) is 0 Å². The van der Waals surface area contributed by atoms with Gasteiger partial charge in [0.1, 0.15) is 11.3 Å². The van der Waals surface area contributed by atoms with Crippen molar-refractivity contribution in [3.05, 3.63) is 59.9 Å². The fraction of sp³-hybridized carbons (Fsp3) is 0.273. The van der Waals surface area contributed by atoms with Gasteiger partial charge >= 0.3 is 0 Å². The highest BCUT2D eigenvalue weighted by molar-refractivity contribution is 7.22. The molecule has 1 nitrogen and oxygen atoms in total. The molecule has 0 N–H and O–H groups in total. The van der Waals surface area contributed by atoms with E-state index in [9.17, 15) is 0 Å². The van der Waals surface area contributed by atoms with Crippen LogP contribution in [0.15, 0.2) is 52.9 Å². The molecule has 2 heteroatoms. The number of hydrogen-bond donors (Lipinski definition) is 0. The number of fused-ring (bicyclic) bond motifs is 2. The molecule has 4 aromatic rings. The average molecular weight is 339 g/mol. The van der Waals surface area contributed by atoms with Crippen LogP contribution in [0.4, 0.5) is 0 Å². The summed E-state index contributed by atoms with van der Waals surface area (Å²) in [5, 5.41) is 2.55. The van der Waals surface area contributed by atoms with Crippen molar-refractivity contribution in [1.29, 1.82) is 0 Å². The van der Waals surface area contributed by atoms with Crippen molar-refractivity contribution < 1.29 is 4.42 Å². The van der Waals surface area contributed by atoms with Gasteiger partial charge < -0.3 is 4.42 Å². The Morgan fingerprint density at radius 1 is 0.750 bits per heavy atom. The van der Waals surface area contributed by atoms with Crippen molar-refractivity contribution in [2.45, 2.75) is 41.5 Å². The average Bonchev–Trinajstić information content (AvgIpc) is 3.15. The summed E-state index contributed by atoms with van der Waals surface area (Å²) in [6.07, 6.45) is 0. The van der Waals surface area contributed by atoms with Gasteiger partial charge in [0.05, 0.1) is 0 Å². The van der Waals surface area contributed by atoms with Crippen LogP contribution in [-0.2, 0) is 0 Å². The van der Waals surface area contributed by atoms with E-state index in [2.05, 4.69) is 50.2 Å². The van der Waals surface area contributed by atoms with E-state index in [1.165, 1.54) is 31.5 Å². The fourth-order valence-corrected chi connectivity index (χ4v) is 4.18. The van der Waals surface area contributed by atoms with Gasteiger partial charge in [-0.1, -0.05) is 64.1 Å². The summed E-state index contributed by atoms with van der Waals surface area (Å²) in [4.78, 5) is 1.33. The number of rotatable bonds is 1. The molecule has 2 aromatic heterocycles. The summed E-state index contributed by atoms with van der Waals surface area (Å²) in [6.45, 7) is 12.3. The van der Waals surface area contributed by atoms with Crippen LogP contribution < -0.4 is 0 Å². The topological polar surface area (TPSA) is 13.1 Å². The zero-order valence-corrected chi connectivity index (χ0v) is 16.3. The molecule has 0 saturated carbocycles. The second-order valence-corrected chi connectivity index (χ2v) is 6.13. The first-order chi connectivity index (χ1) is 11.8. The Balaban J connectivity index is 0.000000487. The Labute approximate surface area is 148 Å². The van der Waals surface area contributed by atoms with Gasteiger partial charge in [-0.2, -0.15) is 0 Å². The van der Waals surface area contributed by atoms with Crippen LogP contribution >= 0.6 is 11.3 Å². The lowest BCUT2D eigenvalue weighted by atomic mass is 10.0. The smallest absolute Gasteiger partial charge is 0.134 e. The van der Waals surface area contributed by atoms with E-state index in [1.54, 1.807) is 0 Å². The highest BCUT2D eigenvalue weighted by atomic mass is 32.1. The quantitative estimate of drug-likeness (QED) is 0.343. The summed E-state index contributed by atoms with van der Waals surface area (Å²) < 4.78 is 7.25. The minimum atomic E-state index is 0.969. The second-order valence-electron chi connectivity index (χ2n) is 5.08. The minimum absolute atomic E-state index is 0.969. The molecule has 0 aliphatic heterocycles. The van der Waals surface area contributed by atoms with Gasteiger partial charge in [0.25, 0.3) is 0 Å². The Morgan fingerprint density at radius 2 is 1.33 bits per heavy atom. The van der Waals surface area contributed by atoms with Crippen LogP contribution in [0.5, 0.6) is 0 Å². The Hall–Kier alpha value is -2.06. The van der Waals surface area contributed by atoms with Gasteiger partial charge in [-0.25, -0.2) is 0 Å². The predicted molar refractivity (Wildman–Crippen MR) is 109 cm³/mol. The summed E-state index contributed by atoms with van der Waals surface area (Å²) in [6, 6.07) is 16.9. The van der Waals surface area contributed by atoms with Crippen LogP contribution in [0.25, 0.3) is 31.5 Å². The highest BCUT2D eigenvalue weighted by Gasteiger charge is 2.17. The summed E-state index contributed by atoms with van der Waals surface area (Å²) in [7, 11) is 0. The molecule has 126 valence electrons. The lowest BCUT2D eigenvalue weighted by Gasteiger charge is -1.98. The highest BCUT2D eigenvalue weighted by Crippen LogP contribution is 2.43. The number of para-hydroxylation sites is 1. The number of benzene rings is 2. The van der Waals surface area contributed by atoms with Crippen LogP contribution in [-0.4, -0.2) is 0 Å². The molecule has 0 aliphatic rings. The van der Waals surface area contributed by atoms with Gasteiger partial charge in [-0.15, -0.1) is 11.3 Å². The largest absolute Gasteiger partial charge is 0.461 e. The third kappa shape index (κ3) is 3.11. The zero-order chi connectivity index (χ0) is 17.7. The van der Waals surface area contributed by atoms with Crippen LogP contribution in [0, 0.1) is 13.8 Å². The molecule has 0 fully saturated rings. The van der Waals surface area contributed by atoms with Crippen molar-refractivity contribution in [3.8, 4) is 10.4 Å². The maximum absolute atomic E-state index is 5.91. The van der Waals surface area contributed by atoms with E-state index < -0.39 is 0 Å².